The number of anilines is 1. The van der Waals surface area contributed by atoms with Crippen molar-refractivity contribution in [2.24, 2.45) is 0 Å². The van der Waals surface area contributed by atoms with Gasteiger partial charge in [0.15, 0.2) is 0 Å². The maximum absolute atomic E-state index is 5.57. The van der Waals surface area contributed by atoms with Crippen molar-refractivity contribution in [1.82, 2.24) is 10.3 Å². The summed E-state index contributed by atoms with van der Waals surface area (Å²) in [5.74, 6) is 0. The number of rotatable bonds is 4. The average Bonchev–Trinajstić information content (AvgIpc) is 2.67. The van der Waals surface area contributed by atoms with Crippen molar-refractivity contribution in [3.63, 3.8) is 0 Å². The van der Waals surface area contributed by atoms with Crippen LogP contribution in [0.5, 0.6) is 0 Å². The normalized spacial score (nSPS) is 10.6. The number of pyridine rings is 1. The van der Waals surface area contributed by atoms with Gasteiger partial charge in [-0.3, -0.25) is 4.98 Å². The third-order valence-electron chi connectivity index (χ3n) is 2.25. The third-order valence-corrected chi connectivity index (χ3v) is 3.25. The second-order valence-corrected chi connectivity index (χ2v) is 5.07. The monoisotopic (exact) mass is 233 g/mol. The van der Waals surface area contributed by atoms with Crippen LogP contribution in [0.15, 0.2) is 30.5 Å². The molecule has 2 aromatic rings. The van der Waals surface area contributed by atoms with E-state index in [2.05, 4.69) is 29.4 Å². The quantitative estimate of drug-likeness (QED) is 0.852. The van der Waals surface area contributed by atoms with E-state index in [-0.39, 0.29) is 0 Å². The van der Waals surface area contributed by atoms with Crippen molar-refractivity contribution < 1.29 is 0 Å². The molecule has 0 spiro atoms. The highest BCUT2D eigenvalue weighted by Gasteiger charge is 1.97. The van der Waals surface area contributed by atoms with Crippen molar-refractivity contribution in [2.75, 3.05) is 5.73 Å². The van der Waals surface area contributed by atoms with Gasteiger partial charge in [-0.1, -0.05) is 0 Å². The van der Waals surface area contributed by atoms with E-state index in [0.29, 0.717) is 5.69 Å². The van der Waals surface area contributed by atoms with Crippen molar-refractivity contribution in [2.45, 2.75) is 20.0 Å². The molecule has 0 bridgehead atoms. The van der Waals surface area contributed by atoms with Crippen LogP contribution in [0.25, 0.3) is 0 Å². The van der Waals surface area contributed by atoms with Crippen LogP contribution < -0.4 is 11.1 Å². The van der Waals surface area contributed by atoms with Gasteiger partial charge in [0.05, 0.1) is 17.6 Å². The minimum Gasteiger partial charge on any atom is -0.397 e. The Morgan fingerprint density at radius 2 is 2.12 bits per heavy atom. The van der Waals surface area contributed by atoms with Crippen LogP contribution >= 0.6 is 11.3 Å². The molecular formula is C12H15N3S. The van der Waals surface area contributed by atoms with Gasteiger partial charge in [0.2, 0.25) is 0 Å². The van der Waals surface area contributed by atoms with Gasteiger partial charge in [-0.25, -0.2) is 0 Å². The molecule has 2 rings (SSSR count). The second kappa shape index (κ2) is 5.09. The second-order valence-electron chi connectivity index (χ2n) is 3.70. The van der Waals surface area contributed by atoms with Crippen LogP contribution in [-0.2, 0) is 13.1 Å². The number of aromatic nitrogens is 1. The molecule has 0 aliphatic rings. The van der Waals surface area contributed by atoms with Gasteiger partial charge in [0.25, 0.3) is 0 Å². The molecule has 84 valence electrons. The number of nitrogens with two attached hydrogens (primary N) is 1. The molecule has 16 heavy (non-hydrogen) atoms. The van der Waals surface area contributed by atoms with Gasteiger partial charge in [0.1, 0.15) is 0 Å². The number of nitrogens with zero attached hydrogens (tertiary/aromatic N) is 1. The van der Waals surface area contributed by atoms with Crippen molar-refractivity contribution in [1.29, 1.82) is 0 Å². The van der Waals surface area contributed by atoms with Gasteiger partial charge in [-0.05, 0) is 31.2 Å². The predicted molar refractivity (Wildman–Crippen MR) is 68.2 cm³/mol. The summed E-state index contributed by atoms with van der Waals surface area (Å²) in [5, 5.41) is 3.36. The first-order valence-electron chi connectivity index (χ1n) is 5.20. The highest BCUT2D eigenvalue weighted by molar-refractivity contribution is 7.11. The van der Waals surface area contributed by atoms with Crippen LogP contribution in [0.2, 0.25) is 0 Å². The Bertz CT molecular complexity index is 448. The molecule has 0 saturated heterocycles. The first-order chi connectivity index (χ1) is 7.74. The zero-order chi connectivity index (χ0) is 11.4. The fraction of sp³-hybridized carbons (Fsp3) is 0.250. The average molecular weight is 233 g/mol. The Morgan fingerprint density at radius 3 is 2.75 bits per heavy atom. The van der Waals surface area contributed by atoms with Crippen LogP contribution in [0.3, 0.4) is 0 Å². The molecule has 0 radical (unpaired) electrons. The van der Waals surface area contributed by atoms with Gasteiger partial charge in [-0.15, -0.1) is 11.3 Å². The Morgan fingerprint density at radius 1 is 1.25 bits per heavy atom. The summed E-state index contributed by atoms with van der Waals surface area (Å²) >= 11 is 1.82. The van der Waals surface area contributed by atoms with Gasteiger partial charge in [-0.2, -0.15) is 0 Å². The van der Waals surface area contributed by atoms with E-state index in [4.69, 9.17) is 5.73 Å². The maximum atomic E-state index is 5.57. The number of aryl methyl sites for hydroxylation is 1. The van der Waals surface area contributed by atoms with E-state index in [1.54, 1.807) is 6.20 Å². The summed E-state index contributed by atoms with van der Waals surface area (Å²) in [7, 11) is 0. The van der Waals surface area contributed by atoms with E-state index in [1.165, 1.54) is 9.75 Å². The summed E-state index contributed by atoms with van der Waals surface area (Å²) in [6.07, 6.45) is 1.69. The van der Waals surface area contributed by atoms with E-state index in [9.17, 15) is 0 Å². The van der Waals surface area contributed by atoms with Crippen LogP contribution in [0.4, 0.5) is 5.69 Å². The summed E-state index contributed by atoms with van der Waals surface area (Å²) in [6.45, 7) is 3.79. The van der Waals surface area contributed by atoms with E-state index in [0.717, 1.165) is 18.8 Å². The summed E-state index contributed by atoms with van der Waals surface area (Å²) in [6, 6.07) is 8.12. The highest BCUT2D eigenvalue weighted by Crippen LogP contribution is 2.14. The summed E-state index contributed by atoms with van der Waals surface area (Å²) < 4.78 is 0. The molecule has 0 amide bonds. The molecule has 0 atom stereocenters. The lowest BCUT2D eigenvalue weighted by atomic mass is 10.3. The molecule has 2 aromatic heterocycles. The van der Waals surface area contributed by atoms with Crippen molar-refractivity contribution >= 4 is 17.0 Å². The van der Waals surface area contributed by atoms with Crippen molar-refractivity contribution in [3.05, 3.63) is 45.9 Å². The number of hydrogen-bond donors (Lipinski definition) is 2. The molecule has 3 nitrogen and oxygen atoms in total. The van der Waals surface area contributed by atoms with E-state index in [1.807, 2.05) is 23.5 Å². The lowest BCUT2D eigenvalue weighted by Gasteiger charge is -2.02. The third kappa shape index (κ3) is 3.05. The molecule has 0 aliphatic carbocycles. The maximum Gasteiger partial charge on any atom is 0.0543 e. The first kappa shape index (κ1) is 11.1. The fourth-order valence-corrected chi connectivity index (χ4v) is 2.29. The Balaban J connectivity index is 1.82. The number of hydrogen-bond acceptors (Lipinski definition) is 4. The Labute approximate surface area is 99.3 Å². The number of thiophene rings is 1. The lowest BCUT2D eigenvalue weighted by Crippen LogP contribution is -2.12. The fourth-order valence-electron chi connectivity index (χ4n) is 1.43. The smallest absolute Gasteiger partial charge is 0.0543 e. The molecule has 0 unspecified atom stereocenters. The van der Waals surface area contributed by atoms with E-state index < -0.39 is 0 Å². The minimum absolute atomic E-state index is 0.706. The number of nitrogen functional groups attached to an aromatic ring is 1. The molecule has 3 N–H and O–H groups in total. The van der Waals surface area contributed by atoms with Gasteiger partial charge >= 0.3 is 0 Å². The highest BCUT2D eigenvalue weighted by atomic mass is 32.1. The Kier molecular flexibility index (Phi) is 3.54. The topological polar surface area (TPSA) is 50.9 Å². The molecule has 0 aromatic carbocycles. The molecular weight excluding hydrogens is 218 g/mol. The first-order valence-corrected chi connectivity index (χ1v) is 6.02. The molecule has 0 saturated carbocycles. The Hall–Kier alpha value is -1.39. The van der Waals surface area contributed by atoms with Crippen LogP contribution in [0.1, 0.15) is 15.4 Å². The molecule has 0 aliphatic heterocycles. The minimum atomic E-state index is 0.706. The van der Waals surface area contributed by atoms with Crippen molar-refractivity contribution in [3.8, 4) is 0 Å². The number of nitrogens with one attached hydrogen (secondary N) is 1. The SMILES string of the molecule is Cc1ccc(CNCc2ccc(N)cn2)s1. The molecule has 0 fully saturated rings. The molecule has 2 heterocycles. The zero-order valence-electron chi connectivity index (χ0n) is 9.23. The summed E-state index contributed by atoms with van der Waals surface area (Å²) in [5.41, 5.74) is 7.29. The predicted octanol–water partition coefficient (Wildman–Crippen LogP) is 2.32. The zero-order valence-corrected chi connectivity index (χ0v) is 10.1. The van der Waals surface area contributed by atoms with Gasteiger partial charge < -0.3 is 11.1 Å². The summed E-state index contributed by atoms with van der Waals surface area (Å²) in [4.78, 5) is 6.93. The standard InChI is InChI=1S/C12H15N3S/c1-9-2-5-12(16-9)8-14-7-11-4-3-10(13)6-15-11/h2-6,14H,7-8,13H2,1H3. The van der Waals surface area contributed by atoms with E-state index >= 15 is 0 Å². The van der Waals surface area contributed by atoms with Gasteiger partial charge in [0, 0.05) is 22.8 Å². The largest absolute Gasteiger partial charge is 0.397 e. The van der Waals surface area contributed by atoms with Crippen LogP contribution in [0, 0.1) is 6.92 Å². The lowest BCUT2D eigenvalue weighted by molar-refractivity contribution is 0.687. The van der Waals surface area contributed by atoms with Crippen LogP contribution in [-0.4, -0.2) is 4.98 Å². The molecule has 4 heteroatoms.